The molecule has 1 aromatic rings. The molecule has 1 N–H and O–H groups in total. The van der Waals surface area contributed by atoms with Crippen LogP contribution in [-0.2, 0) is 13.1 Å². The van der Waals surface area contributed by atoms with Gasteiger partial charge in [0.1, 0.15) is 0 Å². The van der Waals surface area contributed by atoms with Crippen LogP contribution in [0.15, 0.2) is 18.3 Å². The average molecular weight is 289 g/mol. The molecule has 1 fully saturated rings. The molecule has 0 spiro atoms. The molecule has 1 saturated carbocycles. The van der Waals surface area contributed by atoms with Gasteiger partial charge in [-0.1, -0.05) is 32.8 Å². The van der Waals surface area contributed by atoms with Crippen LogP contribution in [0.3, 0.4) is 0 Å². The van der Waals surface area contributed by atoms with Crippen molar-refractivity contribution in [1.29, 1.82) is 0 Å². The SMILES string of the molecule is CC(C)CNCc1ccc(CN(C)CC2CCCC2)nc1. The van der Waals surface area contributed by atoms with E-state index in [1.54, 1.807) is 0 Å². The zero-order valence-corrected chi connectivity index (χ0v) is 13.9. The van der Waals surface area contributed by atoms with Crippen LogP contribution in [0.5, 0.6) is 0 Å². The standard InChI is InChI=1S/C18H31N3/c1-15(2)10-19-11-17-8-9-18(20-12-17)14-21(3)13-16-6-4-5-7-16/h8-9,12,15-16,19H,4-7,10-11,13-14H2,1-3H3. The van der Waals surface area contributed by atoms with Crippen LogP contribution in [0.4, 0.5) is 0 Å². The molecule has 1 aromatic heterocycles. The number of rotatable bonds is 8. The van der Waals surface area contributed by atoms with Gasteiger partial charge in [0.25, 0.3) is 0 Å². The van der Waals surface area contributed by atoms with Gasteiger partial charge < -0.3 is 10.2 Å². The van der Waals surface area contributed by atoms with Crippen molar-refractivity contribution < 1.29 is 0 Å². The molecule has 3 nitrogen and oxygen atoms in total. The van der Waals surface area contributed by atoms with Crippen molar-refractivity contribution in [3.63, 3.8) is 0 Å². The lowest BCUT2D eigenvalue weighted by Gasteiger charge is -2.20. The number of hydrogen-bond acceptors (Lipinski definition) is 3. The first kappa shape index (κ1) is 16.4. The Bertz CT molecular complexity index is 393. The maximum atomic E-state index is 4.61. The molecule has 0 aromatic carbocycles. The molecule has 3 heteroatoms. The van der Waals surface area contributed by atoms with Crippen LogP contribution in [0.1, 0.15) is 50.8 Å². The van der Waals surface area contributed by atoms with Crippen LogP contribution in [-0.4, -0.2) is 30.0 Å². The Morgan fingerprint density at radius 1 is 1.29 bits per heavy atom. The summed E-state index contributed by atoms with van der Waals surface area (Å²) in [7, 11) is 2.22. The van der Waals surface area contributed by atoms with Gasteiger partial charge >= 0.3 is 0 Å². The highest BCUT2D eigenvalue weighted by Gasteiger charge is 2.16. The van der Waals surface area contributed by atoms with Crippen molar-refractivity contribution in [2.24, 2.45) is 11.8 Å². The van der Waals surface area contributed by atoms with Gasteiger partial charge in [-0.05, 0) is 49.9 Å². The van der Waals surface area contributed by atoms with Gasteiger partial charge in [-0.2, -0.15) is 0 Å². The van der Waals surface area contributed by atoms with Crippen molar-refractivity contribution in [1.82, 2.24) is 15.2 Å². The summed E-state index contributed by atoms with van der Waals surface area (Å²) in [5.74, 6) is 1.61. The lowest BCUT2D eigenvalue weighted by molar-refractivity contribution is 0.268. The molecule has 0 amide bonds. The fraction of sp³-hybridized carbons (Fsp3) is 0.722. The van der Waals surface area contributed by atoms with E-state index in [9.17, 15) is 0 Å². The summed E-state index contributed by atoms with van der Waals surface area (Å²) >= 11 is 0. The number of hydrogen-bond donors (Lipinski definition) is 1. The molecule has 0 unspecified atom stereocenters. The zero-order valence-electron chi connectivity index (χ0n) is 13.9. The first-order valence-electron chi connectivity index (χ1n) is 8.46. The Morgan fingerprint density at radius 2 is 2.05 bits per heavy atom. The third-order valence-electron chi connectivity index (χ3n) is 4.24. The van der Waals surface area contributed by atoms with Gasteiger partial charge in [-0.25, -0.2) is 0 Å². The van der Waals surface area contributed by atoms with Crippen LogP contribution in [0.2, 0.25) is 0 Å². The second-order valence-corrected chi connectivity index (χ2v) is 7.03. The maximum Gasteiger partial charge on any atom is 0.0544 e. The van der Waals surface area contributed by atoms with E-state index in [-0.39, 0.29) is 0 Å². The summed E-state index contributed by atoms with van der Waals surface area (Å²) in [5, 5.41) is 3.46. The number of nitrogens with one attached hydrogen (secondary N) is 1. The minimum absolute atomic E-state index is 0.696. The number of nitrogens with zero attached hydrogens (tertiary/aromatic N) is 2. The summed E-state index contributed by atoms with van der Waals surface area (Å²) in [6.07, 6.45) is 7.70. The average Bonchev–Trinajstić information content (AvgIpc) is 2.93. The van der Waals surface area contributed by atoms with Crippen molar-refractivity contribution >= 4 is 0 Å². The third kappa shape index (κ3) is 6.15. The quantitative estimate of drug-likeness (QED) is 0.794. The van der Waals surface area contributed by atoms with Crippen LogP contribution in [0.25, 0.3) is 0 Å². The zero-order chi connectivity index (χ0) is 15.1. The minimum Gasteiger partial charge on any atom is -0.312 e. The van der Waals surface area contributed by atoms with Gasteiger partial charge in [-0.15, -0.1) is 0 Å². The highest BCUT2D eigenvalue weighted by Crippen LogP contribution is 2.25. The molecule has 0 aliphatic heterocycles. The molecule has 118 valence electrons. The van der Waals surface area contributed by atoms with E-state index in [1.165, 1.54) is 43.5 Å². The molecule has 1 aliphatic carbocycles. The Balaban J connectivity index is 1.73. The highest BCUT2D eigenvalue weighted by atomic mass is 15.1. The van der Waals surface area contributed by atoms with E-state index in [1.807, 2.05) is 6.20 Å². The van der Waals surface area contributed by atoms with Gasteiger partial charge in [0.2, 0.25) is 0 Å². The summed E-state index contributed by atoms with van der Waals surface area (Å²) in [4.78, 5) is 7.03. The molecule has 0 saturated heterocycles. The van der Waals surface area contributed by atoms with Gasteiger partial charge in [0.15, 0.2) is 0 Å². The van der Waals surface area contributed by atoms with E-state index in [0.717, 1.165) is 25.6 Å². The highest BCUT2D eigenvalue weighted by molar-refractivity contribution is 5.13. The molecular formula is C18H31N3. The minimum atomic E-state index is 0.696. The second-order valence-electron chi connectivity index (χ2n) is 7.03. The van der Waals surface area contributed by atoms with Crippen LogP contribution in [0, 0.1) is 11.8 Å². The molecule has 0 radical (unpaired) electrons. The largest absolute Gasteiger partial charge is 0.312 e. The monoisotopic (exact) mass is 289 g/mol. The van der Waals surface area contributed by atoms with E-state index >= 15 is 0 Å². The first-order chi connectivity index (χ1) is 10.1. The molecular weight excluding hydrogens is 258 g/mol. The molecule has 1 aliphatic rings. The van der Waals surface area contributed by atoms with Crippen molar-refractivity contribution in [2.45, 2.75) is 52.6 Å². The topological polar surface area (TPSA) is 28.2 Å². The fourth-order valence-corrected chi connectivity index (χ4v) is 3.13. The predicted molar refractivity (Wildman–Crippen MR) is 89.1 cm³/mol. The molecule has 0 atom stereocenters. The summed E-state index contributed by atoms with van der Waals surface area (Å²) < 4.78 is 0. The maximum absolute atomic E-state index is 4.61. The summed E-state index contributed by atoms with van der Waals surface area (Å²) in [6, 6.07) is 4.39. The normalized spacial score (nSPS) is 16.2. The van der Waals surface area contributed by atoms with Crippen molar-refractivity contribution in [3.05, 3.63) is 29.6 Å². The van der Waals surface area contributed by atoms with Crippen LogP contribution < -0.4 is 5.32 Å². The number of pyridine rings is 1. The van der Waals surface area contributed by atoms with E-state index in [4.69, 9.17) is 0 Å². The van der Waals surface area contributed by atoms with E-state index in [2.05, 4.69) is 48.2 Å². The summed E-state index contributed by atoms with van der Waals surface area (Å²) in [6.45, 7) is 8.63. The molecule has 2 rings (SSSR count). The molecule has 1 heterocycles. The Labute approximate surface area is 130 Å². The van der Waals surface area contributed by atoms with Crippen LogP contribution >= 0.6 is 0 Å². The summed E-state index contributed by atoms with van der Waals surface area (Å²) in [5.41, 5.74) is 2.46. The second kappa shape index (κ2) is 8.50. The molecule has 21 heavy (non-hydrogen) atoms. The van der Waals surface area contributed by atoms with Crippen molar-refractivity contribution in [2.75, 3.05) is 20.1 Å². The Kier molecular flexibility index (Phi) is 6.65. The molecule has 0 bridgehead atoms. The van der Waals surface area contributed by atoms with Gasteiger partial charge in [0.05, 0.1) is 5.69 Å². The Morgan fingerprint density at radius 3 is 2.67 bits per heavy atom. The predicted octanol–water partition coefficient (Wildman–Crippen LogP) is 3.45. The smallest absolute Gasteiger partial charge is 0.0544 e. The van der Waals surface area contributed by atoms with Crippen molar-refractivity contribution in [3.8, 4) is 0 Å². The lowest BCUT2D eigenvalue weighted by Crippen LogP contribution is -2.24. The lowest BCUT2D eigenvalue weighted by atomic mass is 10.1. The third-order valence-corrected chi connectivity index (χ3v) is 4.24. The first-order valence-corrected chi connectivity index (χ1v) is 8.46. The van der Waals surface area contributed by atoms with Gasteiger partial charge in [0, 0.05) is 25.8 Å². The number of aromatic nitrogens is 1. The fourth-order valence-electron chi connectivity index (χ4n) is 3.13. The van der Waals surface area contributed by atoms with E-state index < -0.39 is 0 Å². The van der Waals surface area contributed by atoms with E-state index in [0.29, 0.717) is 5.92 Å². The van der Waals surface area contributed by atoms with Gasteiger partial charge in [-0.3, -0.25) is 4.98 Å². The Hall–Kier alpha value is -0.930.